The summed E-state index contributed by atoms with van der Waals surface area (Å²) in [6.07, 6.45) is 0.728. The Morgan fingerprint density at radius 3 is 2.44 bits per heavy atom. The Labute approximate surface area is 101 Å². The van der Waals surface area contributed by atoms with Crippen LogP contribution in [0.1, 0.15) is 0 Å². The van der Waals surface area contributed by atoms with E-state index in [4.69, 9.17) is 10.2 Å². The van der Waals surface area contributed by atoms with Gasteiger partial charge in [-0.15, -0.1) is 0 Å². The van der Waals surface area contributed by atoms with Crippen LogP contribution in [-0.4, -0.2) is 35.5 Å². The van der Waals surface area contributed by atoms with E-state index in [1.165, 1.54) is 19.2 Å². The van der Waals surface area contributed by atoms with Crippen LogP contribution in [0, 0.1) is 11.7 Å². The lowest BCUT2D eigenvalue weighted by molar-refractivity contribution is -0.150. The van der Waals surface area contributed by atoms with Crippen LogP contribution in [0.4, 0.5) is 10.1 Å². The van der Waals surface area contributed by atoms with Crippen molar-refractivity contribution in [3.05, 3.63) is 24.0 Å². The number of carbonyl (C=O) groups is 2. The Balaban J connectivity index is 2.93. The number of hydrogen-bond donors (Lipinski definition) is 2. The van der Waals surface area contributed by atoms with Crippen LogP contribution in [0.3, 0.4) is 0 Å². The molecule has 0 aliphatic carbocycles. The molecule has 0 saturated carbocycles. The molecule has 0 heterocycles. The molecule has 1 aromatic rings. The molecule has 0 saturated heterocycles. The number of rotatable bonds is 5. The molecule has 0 unspecified atom stereocenters. The Hall–Kier alpha value is -2.44. The predicted octanol–water partition coefficient (Wildman–Crippen LogP) is 1.32. The van der Waals surface area contributed by atoms with Gasteiger partial charge in [0.25, 0.3) is 0 Å². The molecule has 0 aromatic heterocycles. The van der Waals surface area contributed by atoms with Crippen LogP contribution in [0.5, 0.6) is 5.75 Å². The highest BCUT2D eigenvalue weighted by Gasteiger charge is 2.23. The largest absolute Gasteiger partial charge is 0.494 e. The van der Waals surface area contributed by atoms with E-state index < -0.39 is 23.7 Å². The second-order valence-electron chi connectivity index (χ2n) is 3.25. The van der Waals surface area contributed by atoms with Gasteiger partial charge in [-0.1, -0.05) is 0 Å². The molecular weight excluding hydrogens is 245 g/mol. The quantitative estimate of drug-likeness (QED) is 0.611. The topological polar surface area (TPSA) is 96.2 Å². The van der Waals surface area contributed by atoms with E-state index in [1.807, 2.05) is 0 Å². The van der Waals surface area contributed by atoms with Crippen molar-refractivity contribution in [3.8, 4) is 5.75 Å². The van der Waals surface area contributed by atoms with Gasteiger partial charge < -0.3 is 14.9 Å². The minimum Gasteiger partial charge on any atom is -0.494 e. The van der Waals surface area contributed by atoms with Gasteiger partial charge in [0.2, 0.25) is 0 Å². The number of ether oxygens (including phenoxy) is 1. The molecule has 7 heteroatoms. The van der Waals surface area contributed by atoms with E-state index >= 15 is 0 Å². The normalized spacial score (nSPS) is 10.8. The van der Waals surface area contributed by atoms with Gasteiger partial charge in [0.15, 0.2) is 17.5 Å². The molecule has 1 rings (SSSR count). The van der Waals surface area contributed by atoms with Gasteiger partial charge in [0, 0.05) is 12.3 Å². The van der Waals surface area contributed by atoms with E-state index in [0.717, 1.165) is 12.3 Å². The molecule has 0 aliphatic heterocycles. The van der Waals surface area contributed by atoms with Crippen LogP contribution in [-0.2, 0) is 9.59 Å². The summed E-state index contributed by atoms with van der Waals surface area (Å²) in [5, 5.41) is 17.2. The first-order valence-electron chi connectivity index (χ1n) is 4.79. The fraction of sp³-hybridized carbons (Fsp3) is 0.182. The molecular formula is C11H10FNO5. The fourth-order valence-corrected chi connectivity index (χ4v) is 1.13. The zero-order chi connectivity index (χ0) is 13.7. The minimum absolute atomic E-state index is 0.0157. The molecule has 0 aliphatic rings. The van der Waals surface area contributed by atoms with Crippen LogP contribution in [0.25, 0.3) is 0 Å². The lowest BCUT2D eigenvalue weighted by atomic mass is 10.2. The number of hydrogen-bond acceptors (Lipinski definition) is 4. The van der Waals surface area contributed by atoms with E-state index in [9.17, 15) is 14.0 Å². The summed E-state index contributed by atoms with van der Waals surface area (Å²) in [6.45, 7) is 0. The van der Waals surface area contributed by atoms with Gasteiger partial charge in [0.1, 0.15) is 0 Å². The third kappa shape index (κ3) is 3.27. The summed E-state index contributed by atoms with van der Waals surface area (Å²) in [4.78, 5) is 24.7. The Bertz CT molecular complexity index is 486. The average molecular weight is 255 g/mol. The van der Waals surface area contributed by atoms with Gasteiger partial charge in [-0.2, -0.15) is 0 Å². The standard InChI is InChI=1S/C11H10FNO5/c1-18-9-3-2-6(4-8(9)12)13-5-7(10(14)15)11(16)17/h2-5,7H,1H3,(H,14,15)(H,16,17). The summed E-state index contributed by atoms with van der Waals surface area (Å²) in [5.41, 5.74) is 0.0980. The summed E-state index contributed by atoms with van der Waals surface area (Å²) in [6, 6.07) is 3.69. The maximum absolute atomic E-state index is 13.3. The fourth-order valence-electron chi connectivity index (χ4n) is 1.13. The molecule has 0 amide bonds. The van der Waals surface area contributed by atoms with Gasteiger partial charge in [-0.3, -0.25) is 14.6 Å². The van der Waals surface area contributed by atoms with Crippen molar-refractivity contribution >= 4 is 23.8 Å². The summed E-state index contributed by atoms with van der Waals surface area (Å²) < 4.78 is 17.9. The van der Waals surface area contributed by atoms with Crippen molar-refractivity contribution in [2.24, 2.45) is 10.9 Å². The third-order valence-corrected chi connectivity index (χ3v) is 2.04. The van der Waals surface area contributed by atoms with Crippen molar-refractivity contribution in [1.29, 1.82) is 0 Å². The monoisotopic (exact) mass is 255 g/mol. The smallest absolute Gasteiger partial charge is 0.323 e. The molecule has 6 nitrogen and oxygen atoms in total. The van der Waals surface area contributed by atoms with E-state index in [1.54, 1.807) is 0 Å². The van der Waals surface area contributed by atoms with E-state index in [0.29, 0.717) is 0 Å². The van der Waals surface area contributed by atoms with Crippen molar-refractivity contribution in [2.45, 2.75) is 0 Å². The Morgan fingerprint density at radius 1 is 1.39 bits per heavy atom. The Morgan fingerprint density at radius 2 is 2.00 bits per heavy atom. The molecule has 0 radical (unpaired) electrons. The first-order valence-corrected chi connectivity index (χ1v) is 4.79. The van der Waals surface area contributed by atoms with Gasteiger partial charge in [-0.25, -0.2) is 4.39 Å². The summed E-state index contributed by atoms with van der Waals surface area (Å²) >= 11 is 0. The number of aliphatic imine (C=N–C) groups is 1. The Kier molecular flexibility index (Phi) is 4.36. The second kappa shape index (κ2) is 5.76. The number of aliphatic carboxylic acids is 2. The van der Waals surface area contributed by atoms with Crippen molar-refractivity contribution in [3.63, 3.8) is 0 Å². The zero-order valence-electron chi connectivity index (χ0n) is 9.33. The predicted molar refractivity (Wildman–Crippen MR) is 59.9 cm³/mol. The highest BCUT2D eigenvalue weighted by Crippen LogP contribution is 2.22. The van der Waals surface area contributed by atoms with Gasteiger partial charge >= 0.3 is 11.9 Å². The lowest BCUT2D eigenvalue weighted by Crippen LogP contribution is -2.24. The number of halogens is 1. The number of carboxylic acid groups (broad SMARTS) is 2. The average Bonchev–Trinajstić information content (AvgIpc) is 2.28. The number of carboxylic acids is 2. The number of benzene rings is 1. The van der Waals surface area contributed by atoms with Crippen LogP contribution < -0.4 is 4.74 Å². The lowest BCUT2D eigenvalue weighted by Gasteiger charge is -2.02. The summed E-state index contributed by atoms with van der Waals surface area (Å²) in [7, 11) is 1.30. The van der Waals surface area contributed by atoms with Crippen molar-refractivity contribution in [2.75, 3.05) is 7.11 Å². The van der Waals surface area contributed by atoms with Crippen molar-refractivity contribution < 1.29 is 28.9 Å². The van der Waals surface area contributed by atoms with Crippen LogP contribution in [0.2, 0.25) is 0 Å². The van der Waals surface area contributed by atoms with Gasteiger partial charge in [-0.05, 0) is 12.1 Å². The molecule has 0 fully saturated rings. The van der Waals surface area contributed by atoms with Crippen molar-refractivity contribution in [1.82, 2.24) is 0 Å². The number of methoxy groups -OCH3 is 1. The maximum atomic E-state index is 13.3. The molecule has 1 aromatic carbocycles. The molecule has 0 atom stereocenters. The minimum atomic E-state index is -1.77. The molecule has 0 bridgehead atoms. The maximum Gasteiger partial charge on any atom is 0.323 e. The van der Waals surface area contributed by atoms with Crippen LogP contribution in [0.15, 0.2) is 23.2 Å². The van der Waals surface area contributed by atoms with E-state index in [2.05, 4.69) is 9.73 Å². The highest BCUT2D eigenvalue weighted by molar-refractivity contribution is 6.08. The first-order chi connectivity index (χ1) is 8.45. The first kappa shape index (κ1) is 13.6. The SMILES string of the molecule is COc1ccc(N=CC(C(=O)O)C(=O)O)cc1F. The molecule has 18 heavy (non-hydrogen) atoms. The third-order valence-electron chi connectivity index (χ3n) is 2.04. The molecule has 0 spiro atoms. The summed E-state index contributed by atoms with van der Waals surface area (Å²) in [5.74, 6) is -5.51. The number of nitrogens with zero attached hydrogens (tertiary/aromatic N) is 1. The van der Waals surface area contributed by atoms with E-state index in [-0.39, 0.29) is 11.4 Å². The second-order valence-corrected chi connectivity index (χ2v) is 3.25. The van der Waals surface area contributed by atoms with Gasteiger partial charge in [0.05, 0.1) is 12.8 Å². The zero-order valence-corrected chi connectivity index (χ0v) is 9.33. The van der Waals surface area contributed by atoms with Crippen LogP contribution >= 0.6 is 0 Å². The molecule has 2 N–H and O–H groups in total. The molecule has 96 valence electrons. The highest BCUT2D eigenvalue weighted by atomic mass is 19.1.